The molecular weight excluding hydrogens is 322 g/mol. The van der Waals surface area contributed by atoms with Crippen molar-refractivity contribution >= 4 is 21.2 Å². The fourth-order valence-corrected chi connectivity index (χ4v) is 3.15. The molecule has 1 unspecified atom stereocenters. The second-order valence-corrected chi connectivity index (χ2v) is 6.96. The van der Waals surface area contributed by atoms with Crippen molar-refractivity contribution < 1.29 is 17.2 Å². The fourth-order valence-electron chi connectivity index (χ4n) is 2.69. The van der Waals surface area contributed by atoms with Gasteiger partial charge in [0.1, 0.15) is 16.9 Å². The van der Waals surface area contributed by atoms with Gasteiger partial charge in [0, 0.05) is 19.0 Å². The van der Waals surface area contributed by atoms with Crippen molar-refractivity contribution in [3.8, 4) is 0 Å². The van der Waals surface area contributed by atoms with Gasteiger partial charge in [-0.15, -0.1) is 0 Å². The van der Waals surface area contributed by atoms with E-state index in [9.17, 15) is 17.2 Å². The number of benzene rings is 1. The van der Waals surface area contributed by atoms with Gasteiger partial charge >= 0.3 is 0 Å². The summed E-state index contributed by atoms with van der Waals surface area (Å²) in [5, 5.41) is 5.04. The number of primary sulfonamides is 1. The standard InChI is InChI=1S/C16H14F2N2O2S/c17-11-3-1-10(2-4-11)14-7-12(18)8-15(14)16-6-5-13(9-20-16)23(19,21)22/h1-6,9,12H,7-8H2,(H2,19,21,22). The normalized spacial score (nSPS) is 18.5. The van der Waals surface area contributed by atoms with Gasteiger partial charge in [-0.05, 0) is 41.0 Å². The maximum Gasteiger partial charge on any atom is 0.239 e. The Morgan fingerprint density at radius 3 is 2.26 bits per heavy atom. The first-order valence-corrected chi connectivity index (χ1v) is 8.50. The highest BCUT2D eigenvalue weighted by atomic mass is 32.2. The first-order valence-electron chi connectivity index (χ1n) is 6.96. The van der Waals surface area contributed by atoms with E-state index in [1.165, 1.54) is 24.3 Å². The van der Waals surface area contributed by atoms with Crippen LogP contribution in [0, 0.1) is 5.82 Å². The van der Waals surface area contributed by atoms with Crippen molar-refractivity contribution in [1.82, 2.24) is 4.98 Å². The zero-order valence-corrected chi connectivity index (χ0v) is 12.9. The summed E-state index contributed by atoms with van der Waals surface area (Å²) < 4.78 is 49.5. The maximum absolute atomic E-state index is 13.9. The van der Waals surface area contributed by atoms with Crippen LogP contribution in [0.1, 0.15) is 24.1 Å². The molecule has 2 aromatic rings. The number of hydrogen-bond acceptors (Lipinski definition) is 3. The lowest BCUT2D eigenvalue weighted by Crippen LogP contribution is -2.12. The average Bonchev–Trinajstić information content (AvgIpc) is 2.89. The molecule has 4 nitrogen and oxygen atoms in total. The van der Waals surface area contributed by atoms with Crippen molar-refractivity contribution in [3.05, 3.63) is 59.7 Å². The number of nitrogens with two attached hydrogens (primary N) is 1. The van der Waals surface area contributed by atoms with Gasteiger partial charge in [0.25, 0.3) is 0 Å². The van der Waals surface area contributed by atoms with Gasteiger partial charge in [0.2, 0.25) is 10.0 Å². The third-order valence-electron chi connectivity index (χ3n) is 3.78. The molecule has 1 aliphatic carbocycles. The lowest BCUT2D eigenvalue weighted by Gasteiger charge is -2.08. The molecule has 0 fully saturated rings. The Hall–Kier alpha value is -2.12. The van der Waals surface area contributed by atoms with E-state index in [-0.39, 0.29) is 23.6 Å². The lowest BCUT2D eigenvalue weighted by atomic mass is 10.00. The Labute approximate surface area is 132 Å². The van der Waals surface area contributed by atoms with E-state index >= 15 is 0 Å². The van der Waals surface area contributed by atoms with Crippen LogP contribution in [0.15, 0.2) is 47.5 Å². The molecule has 23 heavy (non-hydrogen) atoms. The van der Waals surface area contributed by atoms with Crippen LogP contribution in [-0.2, 0) is 10.0 Å². The highest BCUT2D eigenvalue weighted by Crippen LogP contribution is 2.40. The van der Waals surface area contributed by atoms with Crippen LogP contribution in [0.25, 0.3) is 11.1 Å². The van der Waals surface area contributed by atoms with Crippen LogP contribution in [-0.4, -0.2) is 19.6 Å². The summed E-state index contributed by atoms with van der Waals surface area (Å²) in [5.41, 5.74) is 2.69. The molecule has 0 amide bonds. The van der Waals surface area contributed by atoms with Gasteiger partial charge < -0.3 is 0 Å². The SMILES string of the molecule is NS(=O)(=O)c1ccc(C2=C(c3ccc(F)cc3)CC(F)C2)nc1. The summed E-state index contributed by atoms with van der Waals surface area (Å²) in [6, 6.07) is 8.70. The van der Waals surface area contributed by atoms with Crippen molar-refractivity contribution in [2.45, 2.75) is 23.9 Å². The third-order valence-corrected chi connectivity index (χ3v) is 4.68. The molecule has 0 saturated carbocycles. The summed E-state index contributed by atoms with van der Waals surface area (Å²) in [5.74, 6) is -0.360. The second kappa shape index (κ2) is 5.82. The molecule has 0 bridgehead atoms. The number of rotatable bonds is 3. The maximum atomic E-state index is 13.9. The van der Waals surface area contributed by atoms with Crippen molar-refractivity contribution in [2.75, 3.05) is 0 Å². The van der Waals surface area contributed by atoms with Crippen molar-refractivity contribution in [1.29, 1.82) is 0 Å². The van der Waals surface area contributed by atoms with Crippen LogP contribution in [0.5, 0.6) is 0 Å². The van der Waals surface area contributed by atoms with Crippen LogP contribution in [0.4, 0.5) is 8.78 Å². The van der Waals surface area contributed by atoms with Gasteiger partial charge in [0.15, 0.2) is 0 Å². The molecule has 1 aromatic carbocycles. The number of hydrogen-bond donors (Lipinski definition) is 1. The van der Waals surface area contributed by atoms with Crippen molar-refractivity contribution in [3.63, 3.8) is 0 Å². The molecular formula is C16H14F2N2O2S. The summed E-state index contributed by atoms with van der Waals surface area (Å²) in [7, 11) is -3.82. The summed E-state index contributed by atoms with van der Waals surface area (Å²) in [6.45, 7) is 0. The first kappa shape index (κ1) is 15.8. The first-order chi connectivity index (χ1) is 10.8. The van der Waals surface area contributed by atoms with Gasteiger partial charge in [-0.2, -0.15) is 0 Å². The number of halogens is 2. The lowest BCUT2D eigenvalue weighted by molar-refractivity contribution is 0.357. The van der Waals surface area contributed by atoms with Gasteiger partial charge in [0.05, 0.1) is 5.69 Å². The molecule has 1 heterocycles. The molecule has 3 rings (SSSR count). The highest BCUT2D eigenvalue weighted by molar-refractivity contribution is 7.89. The van der Waals surface area contributed by atoms with E-state index in [0.717, 1.165) is 17.3 Å². The van der Waals surface area contributed by atoms with Gasteiger partial charge in [-0.25, -0.2) is 22.3 Å². The number of nitrogens with zero attached hydrogens (tertiary/aromatic N) is 1. The number of allylic oxidation sites excluding steroid dienone is 2. The Morgan fingerprint density at radius 2 is 1.70 bits per heavy atom. The fraction of sp³-hybridized carbons (Fsp3) is 0.188. The van der Waals surface area contributed by atoms with E-state index in [0.29, 0.717) is 11.3 Å². The summed E-state index contributed by atoms with van der Waals surface area (Å²) in [4.78, 5) is 4.00. The second-order valence-electron chi connectivity index (χ2n) is 5.39. The van der Waals surface area contributed by atoms with Gasteiger partial charge in [-0.3, -0.25) is 4.98 Å². The molecule has 0 radical (unpaired) electrons. The molecule has 1 atom stereocenters. The molecule has 120 valence electrons. The Bertz CT molecular complexity index is 860. The number of sulfonamides is 1. The number of aromatic nitrogens is 1. The Morgan fingerprint density at radius 1 is 1.04 bits per heavy atom. The highest BCUT2D eigenvalue weighted by Gasteiger charge is 2.26. The molecule has 2 N–H and O–H groups in total. The predicted molar refractivity (Wildman–Crippen MR) is 83.0 cm³/mol. The van der Waals surface area contributed by atoms with E-state index in [2.05, 4.69) is 4.98 Å². The minimum atomic E-state index is -3.82. The summed E-state index contributed by atoms with van der Waals surface area (Å²) >= 11 is 0. The number of pyridine rings is 1. The summed E-state index contributed by atoms with van der Waals surface area (Å²) in [6.07, 6.45) is 0.532. The molecule has 7 heteroatoms. The largest absolute Gasteiger partial charge is 0.255 e. The monoisotopic (exact) mass is 336 g/mol. The number of alkyl halides is 1. The van der Waals surface area contributed by atoms with Crippen LogP contribution >= 0.6 is 0 Å². The zero-order valence-electron chi connectivity index (χ0n) is 12.0. The van der Waals surface area contributed by atoms with Crippen LogP contribution < -0.4 is 5.14 Å². The minimum Gasteiger partial charge on any atom is -0.255 e. The molecule has 0 spiro atoms. The minimum absolute atomic E-state index is 0.0972. The zero-order chi connectivity index (χ0) is 16.6. The smallest absolute Gasteiger partial charge is 0.239 e. The molecule has 0 saturated heterocycles. The Balaban J connectivity index is 2.04. The van der Waals surface area contributed by atoms with E-state index in [4.69, 9.17) is 5.14 Å². The predicted octanol–water partition coefficient (Wildman–Crippen LogP) is 2.91. The van der Waals surface area contributed by atoms with E-state index < -0.39 is 16.2 Å². The molecule has 1 aromatic heterocycles. The van der Waals surface area contributed by atoms with Crippen LogP contribution in [0.3, 0.4) is 0 Å². The van der Waals surface area contributed by atoms with Crippen molar-refractivity contribution in [2.24, 2.45) is 5.14 Å². The molecule has 1 aliphatic rings. The topological polar surface area (TPSA) is 73.1 Å². The Kier molecular flexibility index (Phi) is 3.99. The third kappa shape index (κ3) is 3.30. The average molecular weight is 336 g/mol. The van der Waals surface area contributed by atoms with E-state index in [1.54, 1.807) is 12.1 Å². The van der Waals surface area contributed by atoms with Crippen LogP contribution in [0.2, 0.25) is 0 Å². The quantitative estimate of drug-likeness (QED) is 0.936. The molecule has 0 aliphatic heterocycles. The van der Waals surface area contributed by atoms with E-state index in [1.807, 2.05) is 0 Å². The van der Waals surface area contributed by atoms with Gasteiger partial charge in [-0.1, -0.05) is 12.1 Å².